The van der Waals surface area contributed by atoms with Crippen molar-refractivity contribution in [3.63, 3.8) is 0 Å². The smallest absolute Gasteiger partial charge is 0.246 e. The van der Waals surface area contributed by atoms with Gasteiger partial charge in [-0.15, -0.1) is 0 Å². The third-order valence-corrected chi connectivity index (χ3v) is 6.79. The first kappa shape index (κ1) is 25.4. The number of benzene rings is 3. The Morgan fingerprint density at radius 1 is 0.857 bits per heavy atom. The Hall–Kier alpha value is -2.70. The maximum atomic E-state index is 12.2. The number of carbonyl (C=O) groups excluding carboxylic acids is 1. The third-order valence-electron chi connectivity index (χ3n) is 6.54. The molecule has 1 N–H and O–H groups in total. The lowest BCUT2D eigenvalue weighted by atomic mass is 9.96. The first-order chi connectivity index (χ1) is 17.1. The van der Waals surface area contributed by atoms with E-state index >= 15 is 0 Å². The van der Waals surface area contributed by atoms with Crippen LogP contribution in [0.3, 0.4) is 0 Å². The molecule has 1 fully saturated rings. The van der Waals surface area contributed by atoms with Gasteiger partial charge in [-0.2, -0.15) is 0 Å². The summed E-state index contributed by atoms with van der Waals surface area (Å²) in [5.74, 6) is -0.0835. The van der Waals surface area contributed by atoms with Crippen LogP contribution < -0.4 is 5.32 Å². The van der Waals surface area contributed by atoms with Crippen molar-refractivity contribution in [2.24, 2.45) is 0 Å². The number of amides is 1. The van der Waals surface area contributed by atoms with E-state index in [0.717, 1.165) is 43.3 Å². The number of rotatable bonds is 10. The molecule has 0 radical (unpaired) electrons. The number of piperazine rings is 1. The van der Waals surface area contributed by atoms with Crippen molar-refractivity contribution < 1.29 is 9.53 Å². The molecule has 6 heteroatoms. The number of ether oxygens (including phenoxy) is 1. The van der Waals surface area contributed by atoms with Gasteiger partial charge in [-0.05, 0) is 35.7 Å². The van der Waals surface area contributed by atoms with Crippen LogP contribution in [0.25, 0.3) is 0 Å². The van der Waals surface area contributed by atoms with Gasteiger partial charge in [0.05, 0.1) is 18.7 Å². The van der Waals surface area contributed by atoms with Crippen LogP contribution in [-0.2, 0) is 9.53 Å². The topological polar surface area (TPSA) is 44.8 Å². The zero-order valence-electron chi connectivity index (χ0n) is 20.3. The van der Waals surface area contributed by atoms with Gasteiger partial charge < -0.3 is 10.1 Å². The van der Waals surface area contributed by atoms with Crippen LogP contribution in [0.15, 0.2) is 84.9 Å². The van der Waals surface area contributed by atoms with E-state index in [1.54, 1.807) is 0 Å². The van der Waals surface area contributed by atoms with Crippen molar-refractivity contribution in [3.05, 3.63) is 107 Å². The van der Waals surface area contributed by atoms with E-state index in [2.05, 4.69) is 57.6 Å². The number of hydrogen-bond donors (Lipinski definition) is 1. The van der Waals surface area contributed by atoms with E-state index in [0.29, 0.717) is 6.61 Å². The summed E-state index contributed by atoms with van der Waals surface area (Å²) in [5, 5.41) is 3.75. The quantitative estimate of drug-likeness (QED) is 0.408. The van der Waals surface area contributed by atoms with E-state index in [1.807, 2.05) is 49.4 Å². The maximum absolute atomic E-state index is 12.2. The fraction of sp³-hybridized carbons (Fsp3) is 0.345. The van der Waals surface area contributed by atoms with Crippen LogP contribution in [-0.4, -0.2) is 61.6 Å². The Morgan fingerprint density at radius 3 is 2.06 bits per heavy atom. The van der Waals surface area contributed by atoms with Crippen LogP contribution in [0.1, 0.15) is 35.7 Å². The van der Waals surface area contributed by atoms with Gasteiger partial charge in [0.2, 0.25) is 5.91 Å². The lowest BCUT2D eigenvalue weighted by Crippen LogP contribution is -2.48. The molecule has 35 heavy (non-hydrogen) atoms. The van der Waals surface area contributed by atoms with Crippen molar-refractivity contribution in [1.29, 1.82) is 0 Å². The fourth-order valence-corrected chi connectivity index (χ4v) is 4.73. The molecule has 0 spiro atoms. The summed E-state index contributed by atoms with van der Waals surface area (Å²) in [7, 11) is 0. The molecule has 1 saturated heterocycles. The number of hydrogen-bond acceptors (Lipinski definition) is 4. The Bertz CT molecular complexity index is 1040. The molecular formula is C29H34ClN3O2. The second kappa shape index (κ2) is 12.8. The molecule has 3 aromatic rings. The van der Waals surface area contributed by atoms with Gasteiger partial charge in [-0.25, -0.2) is 0 Å². The molecule has 5 nitrogen and oxygen atoms in total. The lowest BCUT2D eigenvalue weighted by molar-refractivity contribution is -0.126. The molecule has 1 amide bonds. The number of carbonyl (C=O) groups is 1. The number of nitrogens with one attached hydrogen (secondary N) is 1. The summed E-state index contributed by atoms with van der Waals surface area (Å²) >= 11 is 6.14. The average molecular weight is 492 g/mol. The highest BCUT2D eigenvalue weighted by molar-refractivity contribution is 6.30. The van der Waals surface area contributed by atoms with Crippen LogP contribution in [0.5, 0.6) is 0 Å². The lowest BCUT2D eigenvalue weighted by Gasteiger charge is -2.39. The molecule has 0 bridgehead atoms. The van der Waals surface area contributed by atoms with Crippen LogP contribution in [0, 0.1) is 0 Å². The van der Waals surface area contributed by atoms with E-state index in [1.165, 1.54) is 11.1 Å². The second-order valence-electron chi connectivity index (χ2n) is 8.99. The van der Waals surface area contributed by atoms with Crippen LogP contribution >= 0.6 is 11.6 Å². The van der Waals surface area contributed by atoms with Crippen molar-refractivity contribution in [1.82, 2.24) is 15.1 Å². The highest BCUT2D eigenvalue weighted by atomic mass is 35.5. The zero-order valence-corrected chi connectivity index (χ0v) is 21.0. The minimum atomic E-state index is -0.0835. The van der Waals surface area contributed by atoms with E-state index in [9.17, 15) is 4.79 Å². The molecule has 0 unspecified atom stereocenters. The summed E-state index contributed by atoms with van der Waals surface area (Å²) in [6, 6.07) is 29.0. The second-order valence-corrected chi connectivity index (χ2v) is 9.43. The maximum Gasteiger partial charge on any atom is 0.246 e. The molecule has 2 atom stereocenters. The van der Waals surface area contributed by atoms with Gasteiger partial charge in [0, 0.05) is 37.7 Å². The van der Waals surface area contributed by atoms with Gasteiger partial charge in [-0.1, -0.05) is 84.4 Å². The Labute approximate surface area is 213 Å². The summed E-state index contributed by atoms with van der Waals surface area (Å²) in [6.07, 6.45) is 0. The number of nitrogens with zero attached hydrogens (tertiary/aromatic N) is 2. The van der Waals surface area contributed by atoms with E-state index in [-0.39, 0.29) is 24.6 Å². The molecule has 0 aliphatic carbocycles. The van der Waals surface area contributed by atoms with Gasteiger partial charge in [0.15, 0.2) is 0 Å². The van der Waals surface area contributed by atoms with Crippen LogP contribution in [0.2, 0.25) is 5.02 Å². The first-order valence-electron chi connectivity index (χ1n) is 12.3. The van der Waals surface area contributed by atoms with Gasteiger partial charge >= 0.3 is 0 Å². The summed E-state index contributed by atoms with van der Waals surface area (Å²) < 4.78 is 5.68. The molecule has 3 aromatic carbocycles. The highest BCUT2D eigenvalue weighted by Gasteiger charge is 2.26. The zero-order chi connectivity index (χ0) is 24.5. The average Bonchev–Trinajstić information content (AvgIpc) is 2.90. The Kier molecular flexibility index (Phi) is 9.32. The molecule has 4 rings (SSSR count). The molecule has 1 heterocycles. The minimum absolute atomic E-state index is 0.0291. The van der Waals surface area contributed by atoms with E-state index < -0.39 is 0 Å². The summed E-state index contributed by atoms with van der Waals surface area (Å²) in [5.41, 5.74) is 3.64. The fourth-order valence-electron chi connectivity index (χ4n) is 4.61. The molecule has 1 aliphatic heterocycles. The Morgan fingerprint density at radius 2 is 1.43 bits per heavy atom. The monoisotopic (exact) mass is 491 g/mol. The standard InChI is InChI=1S/C29H34ClN3O2/c1-23(24-8-4-2-5-9-24)31-28(34)22-35-21-20-32-16-18-33(19-17-32)29(25-10-6-3-7-11-25)26-12-14-27(30)15-13-26/h2-15,23,29H,16-22H2,1H3,(H,31,34)/t23-,29+/m0/s1. The van der Waals surface area contributed by atoms with Gasteiger partial charge in [-0.3, -0.25) is 14.6 Å². The molecule has 0 aromatic heterocycles. The largest absolute Gasteiger partial charge is 0.370 e. The van der Waals surface area contributed by atoms with Crippen LogP contribution in [0.4, 0.5) is 0 Å². The molecular weight excluding hydrogens is 458 g/mol. The number of halogens is 1. The summed E-state index contributed by atoms with van der Waals surface area (Å²) in [6.45, 7) is 7.32. The molecule has 184 valence electrons. The van der Waals surface area contributed by atoms with Crippen molar-refractivity contribution >= 4 is 17.5 Å². The van der Waals surface area contributed by atoms with Crippen molar-refractivity contribution in [2.75, 3.05) is 45.9 Å². The minimum Gasteiger partial charge on any atom is -0.370 e. The third kappa shape index (κ3) is 7.39. The predicted molar refractivity (Wildman–Crippen MR) is 142 cm³/mol. The highest BCUT2D eigenvalue weighted by Crippen LogP contribution is 2.30. The van der Waals surface area contributed by atoms with Crippen molar-refractivity contribution in [3.8, 4) is 0 Å². The SMILES string of the molecule is C[C@H](NC(=O)COCCN1CCN([C@H](c2ccccc2)c2ccc(Cl)cc2)CC1)c1ccccc1. The Balaban J connectivity index is 1.22. The molecule has 0 saturated carbocycles. The van der Waals surface area contributed by atoms with Crippen molar-refractivity contribution in [2.45, 2.75) is 19.0 Å². The normalized spacial score (nSPS) is 16.5. The van der Waals surface area contributed by atoms with Gasteiger partial charge in [0.25, 0.3) is 0 Å². The van der Waals surface area contributed by atoms with E-state index in [4.69, 9.17) is 16.3 Å². The molecule has 1 aliphatic rings. The first-order valence-corrected chi connectivity index (χ1v) is 12.7. The summed E-state index contributed by atoms with van der Waals surface area (Å²) in [4.78, 5) is 17.2. The predicted octanol–water partition coefficient (Wildman–Crippen LogP) is 4.94. The van der Waals surface area contributed by atoms with Gasteiger partial charge in [0.1, 0.15) is 6.61 Å².